The van der Waals surface area contributed by atoms with Crippen LogP contribution in [0, 0.1) is 0 Å². The molecular formula is H8Cr2N2Na2O20S5. The van der Waals surface area contributed by atoms with E-state index in [4.69, 9.17) is 87.6 Å². The van der Waals surface area contributed by atoms with E-state index < -0.39 is 52.0 Å². The number of hydrogen-bond acceptors (Lipinski definition) is 20. The van der Waals surface area contributed by atoms with Gasteiger partial charge in [0.25, 0.3) is 0 Å². The molecule has 0 aromatic heterocycles. The molecule has 22 nitrogen and oxygen atoms in total. The van der Waals surface area contributed by atoms with Gasteiger partial charge in [0.15, 0.2) is 0 Å². The Kier molecular flexibility index (Phi) is 68.4. The molecule has 0 spiro atoms. The first-order valence-corrected chi connectivity index (χ1v) is 10.0. The van der Waals surface area contributed by atoms with Crippen LogP contribution in [0.1, 0.15) is 0 Å². The number of rotatable bonds is 0. The molecule has 31 heteroatoms. The summed E-state index contributed by atoms with van der Waals surface area (Å²) in [6.07, 6.45) is 0. The van der Waals surface area contributed by atoms with Crippen LogP contribution < -0.4 is 71.4 Å². The summed E-state index contributed by atoms with van der Waals surface area (Å²) in [6, 6.07) is 0. The molecule has 0 atom stereocenters. The van der Waals surface area contributed by atoms with E-state index in [1.54, 1.807) is 0 Å². The molecule has 2 radical (unpaired) electrons. The second-order valence-electron chi connectivity index (χ2n) is 2.04. The van der Waals surface area contributed by atoms with E-state index in [2.05, 4.69) is 0 Å². The Hall–Kier alpha value is 2.33. The molecule has 0 rings (SSSR count). The van der Waals surface area contributed by atoms with Gasteiger partial charge >= 0.3 is 93.8 Å². The van der Waals surface area contributed by atoms with Gasteiger partial charge in [-0.05, 0) is 0 Å². The first-order chi connectivity index (χ1) is 10.0. The molecule has 0 aliphatic rings. The maximum absolute atomic E-state index is 8.52. The Bertz CT molecular complexity index is 640. The molecule has 0 heterocycles. The van der Waals surface area contributed by atoms with Crippen molar-refractivity contribution in [2.24, 2.45) is 0 Å². The molecule has 0 saturated heterocycles. The third-order valence-electron chi connectivity index (χ3n) is 0. The van der Waals surface area contributed by atoms with Crippen molar-refractivity contribution < 1.29 is 181 Å². The minimum atomic E-state index is -5.17. The summed E-state index contributed by atoms with van der Waals surface area (Å²) in [5, 5.41) is 0. The number of hydrogen-bond donors (Lipinski definition) is 2. The van der Waals surface area contributed by atoms with Gasteiger partial charge in [-0.1, -0.05) is 0 Å². The second kappa shape index (κ2) is 30.4. The van der Waals surface area contributed by atoms with E-state index >= 15 is 0 Å². The zero-order valence-electron chi connectivity index (χ0n) is 15.0. The predicted octanol–water partition coefficient (Wildman–Crippen LogP) is -11.9. The molecule has 8 N–H and O–H groups in total. The van der Waals surface area contributed by atoms with Crippen molar-refractivity contribution in [2.45, 2.75) is 0 Å². The van der Waals surface area contributed by atoms with Crippen molar-refractivity contribution in [3.05, 3.63) is 0 Å². The van der Waals surface area contributed by atoms with Gasteiger partial charge in [0.05, 0.1) is 0 Å². The normalized spacial score (nSPS) is 9.35. The molecule has 0 aliphatic heterocycles. The summed E-state index contributed by atoms with van der Waals surface area (Å²) in [7, 11) is -25.8. The van der Waals surface area contributed by atoms with Crippen LogP contribution in [0.15, 0.2) is 0 Å². The monoisotopic (exact) mass is 666 g/mol. The molecule has 31 heavy (non-hydrogen) atoms. The Morgan fingerprint density at radius 3 is 0.290 bits per heavy atom. The molecular weight excluding hydrogens is 658 g/mol. The van der Waals surface area contributed by atoms with Gasteiger partial charge in [-0.25, -0.2) is 0 Å². The fourth-order valence-electron chi connectivity index (χ4n) is 0. The van der Waals surface area contributed by atoms with Crippen molar-refractivity contribution in [3.63, 3.8) is 0 Å². The van der Waals surface area contributed by atoms with E-state index in [1.165, 1.54) is 0 Å². The Morgan fingerprint density at radius 1 is 0.290 bits per heavy atom. The molecule has 0 aromatic rings. The third kappa shape index (κ3) is 5460. The summed E-state index contributed by atoms with van der Waals surface area (Å²) in [5.41, 5.74) is 0. The molecule has 0 fully saturated rings. The maximum Gasteiger partial charge on any atom is 3.00 e. The van der Waals surface area contributed by atoms with Crippen molar-refractivity contribution in [1.29, 1.82) is 0 Å². The van der Waals surface area contributed by atoms with Crippen LogP contribution in [0.5, 0.6) is 0 Å². The third-order valence-corrected chi connectivity index (χ3v) is 0. The van der Waals surface area contributed by atoms with Gasteiger partial charge < -0.3 is 57.8 Å². The minimum absolute atomic E-state index is 0. The summed E-state index contributed by atoms with van der Waals surface area (Å²) >= 11 is 0. The predicted molar refractivity (Wildman–Crippen MR) is 64.3 cm³/mol. The molecule has 0 bridgehead atoms. The maximum atomic E-state index is 8.52. The van der Waals surface area contributed by atoms with Crippen LogP contribution in [-0.2, 0) is 86.7 Å². The second-order valence-corrected chi connectivity index (χ2v) is 6.12. The molecule has 0 aromatic carbocycles. The SMILES string of the molecule is O=S(=O)([O-])[O-].O=S(=O)([O-])[O-].O=S(=O)([O-])[O-].O=S(=O)([O-])[O-].O=S(=O)([O-])[O-].[Cr+3].[Cr+3].[NH4+].[NH4+].[Na+].[Na+]. The van der Waals surface area contributed by atoms with Crippen LogP contribution >= 0.6 is 0 Å². The van der Waals surface area contributed by atoms with E-state index in [1.807, 2.05) is 0 Å². The quantitative estimate of drug-likeness (QED) is 0.138. The first kappa shape index (κ1) is 69.9. The van der Waals surface area contributed by atoms with E-state index in [0.29, 0.717) is 0 Å². The minimum Gasteiger partial charge on any atom is -0.759 e. The van der Waals surface area contributed by atoms with Crippen molar-refractivity contribution in [2.75, 3.05) is 0 Å². The molecule has 182 valence electrons. The average molecular weight is 666 g/mol. The van der Waals surface area contributed by atoms with Gasteiger partial charge in [-0.2, -0.15) is 0 Å². The average Bonchev–Trinajstić information content (AvgIpc) is 1.79. The molecule has 0 saturated carbocycles. The van der Waals surface area contributed by atoms with Gasteiger partial charge in [-0.3, -0.25) is 42.1 Å². The van der Waals surface area contributed by atoms with Crippen LogP contribution in [0.2, 0.25) is 0 Å². The Morgan fingerprint density at radius 2 is 0.290 bits per heavy atom. The van der Waals surface area contributed by atoms with Crippen LogP contribution in [-0.4, -0.2) is 87.6 Å². The van der Waals surface area contributed by atoms with Crippen LogP contribution in [0.4, 0.5) is 0 Å². The standard InChI is InChI=1S/2Cr.2H3N.2Na.5H2O4S/c;;;;;;5*1-5(2,3)4/h;;2*1H3;;;5*(H2,1,2,3,4)/q2*+3;;;2*+1;;;;;/p-8. The first-order valence-electron chi connectivity index (χ1n) is 3.33. The fraction of sp³-hybridized carbons (Fsp3) is 0. The summed E-state index contributed by atoms with van der Waals surface area (Å²) in [6.45, 7) is 0. The topological polar surface area (TPSA) is 474 Å². The number of quaternary nitrogens is 2. The van der Waals surface area contributed by atoms with Gasteiger partial charge in [0.2, 0.25) is 0 Å². The van der Waals surface area contributed by atoms with Gasteiger partial charge in [0.1, 0.15) is 0 Å². The molecule has 0 amide bonds. The van der Waals surface area contributed by atoms with E-state index in [0.717, 1.165) is 0 Å². The van der Waals surface area contributed by atoms with Gasteiger partial charge in [0, 0.05) is 52.0 Å². The summed E-state index contributed by atoms with van der Waals surface area (Å²) < 4.78 is 170. The molecule has 0 aliphatic carbocycles. The van der Waals surface area contributed by atoms with Crippen LogP contribution in [0.3, 0.4) is 0 Å². The smallest absolute Gasteiger partial charge is 0.759 e. The Balaban J connectivity index is -0.0000000171. The Labute approximate surface area is 242 Å². The fourth-order valence-corrected chi connectivity index (χ4v) is 0. The largest absolute Gasteiger partial charge is 3.00 e. The van der Waals surface area contributed by atoms with Crippen molar-refractivity contribution in [1.82, 2.24) is 12.3 Å². The van der Waals surface area contributed by atoms with Crippen molar-refractivity contribution >= 4 is 52.0 Å². The molecule has 0 unspecified atom stereocenters. The zero-order valence-corrected chi connectivity index (χ0v) is 25.7. The summed E-state index contributed by atoms with van der Waals surface area (Å²) in [5.74, 6) is 0. The van der Waals surface area contributed by atoms with Gasteiger partial charge in [-0.15, -0.1) is 0 Å². The summed E-state index contributed by atoms with van der Waals surface area (Å²) in [4.78, 5) is 0. The van der Waals surface area contributed by atoms with Crippen LogP contribution in [0.25, 0.3) is 0 Å². The van der Waals surface area contributed by atoms with E-state index in [9.17, 15) is 0 Å². The van der Waals surface area contributed by atoms with Crippen molar-refractivity contribution in [3.8, 4) is 0 Å². The zero-order chi connectivity index (χ0) is 22.5. The van der Waals surface area contributed by atoms with E-state index in [-0.39, 0.29) is 106 Å².